The zero-order chi connectivity index (χ0) is 15.2. The Bertz CT molecular complexity index is 659. The van der Waals surface area contributed by atoms with Gasteiger partial charge in [-0.2, -0.15) is 0 Å². The molecule has 0 spiro atoms. The van der Waals surface area contributed by atoms with Crippen LogP contribution in [0.25, 0.3) is 0 Å². The maximum atomic E-state index is 9.65. The maximum absolute atomic E-state index is 9.65. The molecule has 0 unspecified atom stereocenters. The number of phenolic OH excluding ortho intramolecular Hbond substituents is 2. The number of azo groups is 1. The predicted octanol–water partition coefficient (Wildman–Crippen LogP) is 4.30. The summed E-state index contributed by atoms with van der Waals surface area (Å²) >= 11 is 5.71. The predicted molar refractivity (Wildman–Crippen MR) is 81.4 cm³/mol. The normalized spacial score (nSPS) is 11.0. The van der Waals surface area contributed by atoms with Crippen LogP contribution in [-0.2, 0) is 6.42 Å². The lowest BCUT2D eigenvalue weighted by atomic mass is 10.1. The number of methoxy groups -OCH3 is 1. The molecular weight excluding hydrogens is 292 g/mol. The lowest BCUT2D eigenvalue weighted by Gasteiger charge is -2.06. The van der Waals surface area contributed by atoms with Crippen molar-refractivity contribution in [1.29, 1.82) is 0 Å². The molecule has 0 atom stereocenters. The average molecular weight is 307 g/mol. The van der Waals surface area contributed by atoms with Crippen molar-refractivity contribution in [3.8, 4) is 17.2 Å². The van der Waals surface area contributed by atoms with E-state index in [9.17, 15) is 10.2 Å². The van der Waals surface area contributed by atoms with Gasteiger partial charge in [0.1, 0.15) is 28.6 Å². The Hall–Kier alpha value is -2.27. The summed E-state index contributed by atoms with van der Waals surface area (Å²) < 4.78 is 5.27. The molecule has 0 saturated heterocycles. The third kappa shape index (κ3) is 3.86. The van der Waals surface area contributed by atoms with Gasteiger partial charge in [0, 0.05) is 11.9 Å². The summed E-state index contributed by atoms with van der Waals surface area (Å²) in [6.45, 7) is 0. The molecule has 0 aliphatic heterocycles. The molecule has 0 aliphatic rings. The Kier molecular flexibility index (Phi) is 5.00. The van der Waals surface area contributed by atoms with Crippen LogP contribution in [0.3, 0.4) is 0 Å². The molecule has 2 aromatic carbocycles. The minimum absolute atomic E-state index is 0.0329. The first-order valence-corrected chi connectivity index (χ1v) is 6.84. The van der Waals surface area contributed by atoms with Crippen molar-refractivity contribution < 1.29 is 14.9 Å². The SMILES string of the molecule is COc1cc(CCCl)ccc1N=Nc1ccc(O)cc1O. The van der Waals surface area contributed by atoms with E-state index in [0.29, 0.717) is 17.3 Å². The van der Waals surface area contributed by atoms with Crippen molar-refractivity contribution in [2.75, 3.05) is 13.0 Å². The van der Waals surface area contributed by atoms with Gasteiger partial charge >= 0.3 is 0 Å². The summed E-state index contributed by atoms with van der Waals surface area (Å²) in [5, 5.41) is 26.9. The molecule has 2 aromatic rings. The van der Waals surface area contributed by atoms with Crippen molar-refractivity contribution in [3.63, 3.8) is 0 Å². The van der Waals surface area contributed by atoms with E-state index in [-0.39, 0.29) is 17.2 Å². The molecule has 0 fully saturated rings. The lowest BCUT2D eigenvalue weighted by molar-refractivity contribution is 0.415. The zero-order valence-electron chi connectivity index (χ0n) is 11.5. The average Bonchev–Trinajstić information content (AvgIpc) is 2.47. The molecular formula is C15H15ClN2O3. The molecule has 0 aromatic heterocycles. The molecule has 5 nitrogen and oxygen atoms in total. The summed E-state index contributed by atoms with van der Waals surface area (Å²) in [7, 11) is 1.55. The minimum atomic E-state index is -0.142. The Morgan fingerprint density at radius 1 is 1.05 bits per heavy atom. The van der Waals surface area contributed by atoms with E-state index in [1.165, 1.54) is 18.2 Å². The number of aromatic hydroxyl groups is 2. The molecule has 0 radical (unpaired) electrons. The fourth-order valence-electron chi connectivity index (χ4n) is 1.77. The Morgan fingerprint density at radius 2 is 1.76 bits per heavy atom. The maximum Gasteiger partial charge on any atom is 0.146 e. The zero-order valence-corrected chi connectivity index (χ0v) is 12.2. The number of nitrogens with zero attached hydrogens (tertiary/aromatic N) is 2. The van der Waals surface area contributed by atoms with Crippen LogP contribution in [0.4, 0.5) is 11.4 Å². The van der Waals surface area contributed by atoms with E-state index >= 15 is 0 Å². The monoisotopic (exact) mass is 306 g/mol. The molecule has 2 N–H and O–H groups in total. The van der Waals surface area contributed by atoms with Crippen LogP contribution >= 0.6 is 11.6 Å². The fourth-order valence-corrected chi connectivity index (χ4v) is 1.99. The van der Waals surface area contributed by atoms with Crippen LogP contribution in [0.1, 0.15) is 5.56 Å². The van der Waals surface area contributed by atoms with Gasteiger partial charge in [-0.25, -0.2) is 0 Å². The van der Waals surface area contributed by atoms with Crippen LogP contribution in [0.2, 0.25) is 0 Å². The fraction of sp³-hybridized carbons (Fsp3) is 0.200. The van der Waals surface area contributed by atoms with Gasteiger partial charge in [0.25, 0.3) is 0 Å². The van der Waals surface area contributed by atoms with E-state index in [1.54, 1.807) is 13.2 Å². The van der Waals surface area contributed by atoms with Crippen LogP contribution in [0.5, 0.6) is 17.2 Å². The molecule has 0 heterocycles. The molecule has 0 amide bonds. The second kappa shape index (κ2) is 6.95. The molecule has 2 rings (SSSR count). The quantitative estimate of drug-likeness (QED) is 0.638. The first kappa shape index (κ1) is 15.1. The standard InChI is InChI=1S/C15H15ClN2O3/c1-21-15-8-10(6-7-16)2-4-13(15)18-17-12-5-3-11(19)9-14(12)20/h2-5,8-9,19-20H,6-7H2,1H3. The number of ether oxygens (including phenoxy) is 1. The van der Waals surface area contributed by atoms with Crippen molar-refractivity contribution in [1.82, 2.24) is 0 Å². The van der Waals surface area contributed by atoms with Gasteiger partial charge in [0.2, 0.25) is 0 Å². The van der Waals surface area contributed by atoms with Gasteiger partial charge in [-0.3, -0.25) is 0 Å². The number of hydrogen-bond acceptors (Lipinski definition) is 5. The smallest absolute Gasteiger partial charge is 0.146 e. The summed E-state index contributed by atoms with van der Waals surface area (Å²) in [5.41, 5.74) is 1.86. The van der Waals surface area contributed by atoms with Crippen molar-refractivity contribution >= 4 is 23.0 Å². The van der Waals surface area contributed by atoms with Crippen LogP contribution in [0.15, 0.2) is 46.6 Å². The van der Waals surface area contributed by atoms with Crippen LogP contribution < -0.4 is 4.74 Å². The van der Waals surface area contributed by atoms with Gasteiger partial charge in [-0.1, -0.05) is 6.07 Å². The number of hydrogen-bond donors (Lipinski definition) is 2. The third-order valence-electron chi connectivity index (χ3n) is 2.85. The van der Waals surface area contributed by atoms with Crippen molar-refractivity contribution in [3.05, 3.63) is 42.0 Å². The first-order valence-electron chi connectivity index (χ1n) is 6.30. The molecule has 0 bridgehead atoms. The third-order valence-corrected chi connectivity index (χ3v) is 3.04. The number of benzene rings is 2. The van der Waals surface area contributed by atoms with Gasteiger partial charge in [0.05, 0.1) is 7.11 Å². The summed E-state index contributed by atoms with van der Waals surface area (Å²) in [6, 6.07) is 9.64. The van der Waals surface area contributed by atoms with Gasteiger partial charge in [0.15, 0.2) is 0 Å². The second-order valence-electron chi connectivity index (χ2n) is 4.32. The minimum Gasteiger partial charge on any atom is -0.508 e. The Labute approximate surface area is 127 Å². The number of rotatable bonds is 5. The van der Waals surface area contributed by atoms with Crippen LogP contribution in [0, 0.1) is 0 Å². The number of phenols is 2. The van der Waals surface area contributed by atoms with Crippen molar-refractivity contribution in [2.45, 2.75) is 6.42 Å². The Balaban J connectivity index is 2.27. The van der Waals surface area contributed by atoms with E-state index in [1.807, 2.05) is 12.1 Å². The van der Waals surface area contributed by atoms with E-state index in [2.05, 4.69) is 10.2 Å². The van der Waals surface area contributed by atoms with Crippen molar-refractivity contribution in [2.24, 2.45) is 10.2 Å². The highest BCUT2D eigenvalue weighted by atomic mass is 35.5. The summed E-state index contributed by atoms with van der Waals surface area (Å²) in [4.78, 5) is 0. The second-order valence-corrected chi connectivity index (χ2v) is 4.70. The molecule has 0 saturated carbocycles. The van der Waals surface area contributed by atoms with Gasteiger partial charge in [-0.05, 0) is 36.2 Å². The number of halogens is 1. The van der Waals surface area contributed by atoms with Crippen LogP contribution in [-0.4, -0.2) is 23.2 Å². The summed E-state index contributed by atoms with van der Waals surface area (Å²) in [5.74, 6) is 0.941. The molecule has 110 valence electrons. The van der Waals surface area contributed by atoms with Gasteiger partial charge in [-0.15, -0.1) is 21.8 Å². The largest absolute Gasteiger partial charge is 0.508 e. The first-order chi connectivity index (χ1) is 10.1. The molecule has 21 heavy (non-hydrogen) atoms. The highest BCUT2D eigenvalue weighted by molar-refractivity contribution is 6.18. The highest BCUT2D eigenvalue weighted by Gasteiger charge is 2.05. The number of aryl methyl sites for hydroxylation is 1. The number of alkyl halides is 1. The highest BCUT2D eigenvalue weighted by Crippen LogP contribution is 2.34. The summed E-state index contributed by atoms with van der Waals surface area (Å²) in [6.07, 6.45) is 0.744. The topological polar surface area (TPSA) is 74.4 Å². The molecule has 6 heteroatoms. The van der Waals surface area contributed by atoms with E-state index < -0.39 is 0 Å². The van der Waals surface area contributed by atoms with E-state index in [0.717, 1.165) is 12.0 Å². The molecule has 0 aliphatic carbocycles. The lowest BCUT2D eigenvalue weighted by Crippen LogP contribution is -1.89. The van der Waals surface area contributed by atoms with E-state index in [4.69, 9.17) is 16.3 Å². The van der Waals surface area contributed by atoms with Gasteiger partial charge < -0.3 is 14.9 Å². The Morgan fingerprint density at radius 3 is 2.43 bits per heavy atom.